The van der Waals surface area contributed by atoms with Gasteiger partial charge in [-0.15, -0.1) is 0 Å². The van der Waals surface area contributed by atoms with E-state index in [1.807, 2.05) is 6.92 Å². The highest BCUT2D eigenvalue weighted by atomic mass is 16.5. The zero-order chi connectivity index (χ0) is 7.28. The summed E-state index contributed by atoms with van der Waals surface area (Å²) in [5, 5.41) is 6.86. The summed E-state index contributed by atoms with van der Waals surface area (Å²) in [6.45, 7) is 5.41. The Hall–Kier alpha value is -1.05. The molecule has 0 rings (SSSR count). The molecule has 0 aliphatic heterocycles. The summed E-state index contributed by atoms with van der Waals surface area (Å²) in [6.07, 6.45) is 2.99. The first-order valence-corrected chi connectivity index (χ1v) is 2.66. The molecule has 0 saturated carbocycles. The van der Waals surface area contributed by atoms with Gasteiger partial charge in [-0.2, -0.15) is 0 Å². The van der Waals surface area contributed by atoms with Gasteiger partial charge in [-0.05, 0) is 6.92 Å². The molecule has 0 amide bonds. The van der Waals surface area contributed by atoms with Crippen LogP contribution in [0.5, 0.6) is 0 Å². The lowest BCUT2D eigenvalue weighted by molar-refractivity contribution is 0.306. The van der Waals surface area contributed by atoms with Crippen LogP contribution in [0.4, 0.5) is 0 Å². The lowest BCUT2D eigenvalue weighted by Crippen LogP contribution is -1.90. The normalized spacial score (nSPS) is 10.7. The summed E-state index contributed by atoms with van der Waals surface area (Å²) in [7, 11) is 1.54. The standard InChI is InChI=1S/C7H11NO/c1-4-7(5-8)6(2)9-3/h4-5,8H,2H2,1,3H3/b7-4+,8-5?. The second kappa shape index (κ2) is 3.89. The fraction of sp³-hybridized carbons (Fsp3) is 0.286. The van der Waals surface area contributed by atoms with Crippen molar-refractivity contribution in [1.29, 1.82) is 5.41 Å². The molecule has 9 heavy (non-hydrogen) atoms. The molecule has 2 nitrogen and oxygen atoms in total. The van der Waals surface area contributed by atoms with Gasteiger partial charge in [0, 0.05) is 11.8 Å². The highest BCUT2D eigenvalue weighted by Crippen LogP contribution is 2.03. The topological polar surface area (TPSA) is 33.1 Å². The molecular weight excluding hydrogens is 114 g/mol. The summed E-state index contributed by atoms with van der Waals surface area (Å²) in [6, 6.07) is 0. The van der Waals surface area contributed by atoms with Crippen LogP contribution in [-0.2, 0) is 4.74 Å². The van der Waals surface area contributed by atoms with Crippen LogP contribution in [0.2, 0.25) is 0 Å². The largest absolute Gasteiger partial charge is 0.497 e. The van der Waals surface area contributed by atoms with Gasteiger partial charge in [0.1, 0.15) is 5.76 Å². The van der Waals surface area contributed by atoms with E-state index >= 15 is 0 Å². The van der Waals surface area contributed by atoms with Crippen LogP contribution in [0.25, 0.3) is 0 Å². The SMILES string of the molecule is C=C(OC)/C(C=N)=C/C. The van der Waals surface area contributed by atoms with Gasteiger partial charge >= 0.3 is 0 Å². The number of hydrogen-bond acceptors (Lipinski definition) is 2. The van der Waals surface area contributed by atoms with Crippen molar-refractivity contribution < 1.29 is 4.74 Å². The van der Waals surface area contributed by atoms with Gasteiger partial charge in [0.15, 0.2) is 0 Å². The van der Waals surface area contributed by atoms with Crippen LogP contribution in [0.15, 0.2) is 24.0 Å². The number of nitrogens with one attached hydrogen (secondary N) is 1. The molecule has 0 heterocycles. The van der Waals surface area contributed by atoms with Gasteiger partial charge in [-0.1, -0.05) is 12.7 Å². The zero-order valence-electron chi connectivity index (χ0n) is 5.77. The monoisotopic (exact) mass is 125 g/mol. The van der Waals surface area contributed by atoms with Gasteiger partial charge in [-0.3, -0.25) is 0 Å². The van der Waals surface area contributed by atoms with E-state index in [0.29, 0.717) is 5.76 Å². The molecule has 0 atom stereocenters. The van der Waals surface area contributed by atoms with E-state index in [1.54, 1.807) is 6.08 Å². The number of methoxy groups -OCH3 is 1. The number of ether oxygens (including phenoxy) is 1. The highest BCUT2D eigenvalue weighted by Gasteiger charge is 1.93. The third-order valence-corrected chi connectivity index (χ3v) is 1.03. The molecule has 0 saturated heterocycles. The van der Waals surface area contributed by atoms with Crippen molar-refractivity contribution in [2.45, 2.75) is 6.92 Å². The number of allylic oxidation sites excluding steroid dienone is 2. The Morgan fingerprint density at radius 3 is 2.33 bits per heavy atom. The van der Waals surface area contributed by atoms with Crippen LogP contribution >= 0.6 is 0 Å². The van der Waals surface area contributed by atoms with E-state index in [-0.39, 0.29) is 0 Å². The van der Waals surface area contributed by atoms with Gasteiger partial charge < -0.3 is 10.1 Å². The maximum absolute atomic E-state index is 6.86. The molecule has 0 bridgehead atoms. The van der Waals surface area contributed by atoms with E-state index in [9.17, 15) is 0 Å². The average Bonchev–Trinajstić information content (AvgIpc) is 1.90. The Labute approximate surface area is 55.3 Å². The van der Waals surface area contributed by atoms with Crippen LogP contribution in [0, 0.1) is 5.41 Å². The quantitative estimate of drug-likeness (QED) is 0.348. The Morgan fingerprint density at radius 2 is 2.22 bits per heavy atom. The summed E-state index contributed by atoms with van der Waals surface area (Å²) >= 11 is 0. The van der Waals surface area contributed by atoms with Crippen LogP contribution in [-0.4, -0.2) is 13.3 Å². The van der Waals surface area contributed by atoms with Crippen molar-refractivity contribution in [3.05, 3.63) is 24.0 Å². The predicted octanol–water partition coefficient (Wildman–Crippen LogP) is 1.74. The van der Waals surface area contributed by atoms with E-state index in [0.717, 1.165) is 5.57 Å². The van der Waals surface area contributed by atoms with Crippen LogP contribution < -0.4 is 0 Å². The van der Waals surface area contributed by atoms with E-state index < -0.39 is 0 Å². The molecule has 0 radical (unpaired) electrons. The van der Waals surface area contributed by atoms with Gasteiger partial charge in [0.2, 0.25) is 0 Å². The molecule has 0 aliphatic rings. The Bertz CT molecular complexity index is 147. The van der Waals surface area contributed by atoms with E-state index in [1.165, 1.54) is 13.3 Å². The molecule has 0 aliphatic carbocycles. The highest BCUT2D eigenvalue weighted by molar-refractivity contribution is 5.80. The van der Waals surface area contributed by atoms with Gasteiger partial charge in [-0.25, -0.2) is 0 Å². The van der Waals surface area contributed by atoms with Crippen molar-refractivity contribution in [2.24, 2.45) is 0 Å². The molecule has 0 unspecified atom stereocenters. The van der Waals surface area contributed by atoms with Crippen molar-refractivity contribution in [1.82, 2.24) is 0 Å². The van der Waals surface area contributed by atoms with E-state index in [4.69, 9.17) is 10.1 Å². The number of rotatable bonds is 3. The summed E-state index contributed by atoms with van der Waals surface area (Å²) in [4.78, 5) is 0. The van der Waals surface area contributed by atoms with Crippen LogP contribution in [0.1, 0.15) is 6.92 Å². The maximum Gasteiger partial charge on any atom is 0.120 e. The Morgan fingerprint density at radius 1 is 1.67 bits per heavy atom. The minimum atomic E-state index is 0.535. The molecule has 0 spiro atoms. The second-order valence-corrected chi connectivity index (χ2v) is 1.52. The lowest BCUT2D eigenvalue weighted by atomic mass is 10.2. The van der Waals surface area contributed by atoms with Crippen molar-refractivity contribution >= 4 is 6.21 Å². The fourth-order valence-electron chi connectivity index (χ4n) is 0.443. The van der Waals surface area contributed by atoms with Crippen molar-refractivity contribution in [3.63, 3.8) is 0 Å². The van der Waals surface area contributed by atoms with E-state index in [2.05, 4.69) is 6.58 Å². The van der Waals surface area contributed by atoms with Gasteiger partial charge in [0.25, 0.3) is 0 Å². The average molecular weight is 125 g/mol. The Balaban J connectivity index is 4.14. The molecule has 1 N–H and O–H groups in total. The minimum absolute atomic E-state index is 0.535. The Kier molecular flexibility index (Phi) is 3.44. The minimum Gasteiger partial charge on any atom is -0.497 e. The molecule has 0 fully saturated rings. The lowest BCUT2D eigenvalue weighted by Gasteiger charge is -2.01. The first kappa shape index (κ1) is 7.95. The molecule has 0 aromatic rings. The summed E-state index contributed by atoms with van der Waals surface area (Å²) < 4.78 is 4.78. The number of hydrogen-bond donors (Lipinski definition) is 1. The molecule has 2 heteroatoms. The summed E-state index contributed by atoms with van der Waals surface area (Å²) in [5.41, 5.74) is 0.720. The first-order chi connectivity index (χ1) is 4.26. The van der Waals surface area contributed by atoms with Gasteiger partial charge in [0.05, 0.1) is 7.11 Å². The van der Waals surface area contributed by atoms with Crippen LogP contribution in [0.3, 0.4) is 0 Å². The summed E-state index contributed by atoms with van der Waals surface area (Å²) in [5.74, 6) is 0.535. The third-order valence-electron chi connectivity index (χ3n) is 1.03. The fourth-order valence-corrected chi connectivity index (χ4v) is 0.443. The molecular formula is C7H11NO. The van der Waals surface area contributed by atoms with Crippen molar-refractivity contribution in [3.8, 4) is 0 Å². The third kappa shape index (κ3) is 2.13. The molecule has 0 aromatic heterocycles. The smallest absolute Gasteiger partial charge is 0.120 e. The first-order valence-electron chi connectivity index (χ1n) is 2.66. The zero-order valence-corrected chi connectivity index (χ0v) is 5.77. The second-order valence-electron chi connectivity index (χ2n) is 1.52. The molecule has 0 aromatic carbocycles. The maximum atomic E-state index is 6.86. The molecule has 50 valence electrons. The predicted molar refractivity (Wildman–Crippen MR) is 38.7 cm³/mol. The van der Waals surface area contributed by atoms with Crippen molar-refractivity contribution in [2.75, 3.05) is 7.11 Å².